The summed E-state index contributed by atoms with van der Waals surface area (Å²) in [6.07, 6.45) is 2.85. The number of halogens is 2. The van der Waals surface area contributed by atoms with Crippen molar-refractivity contribution in [3.05, 3.63) is 35.3 Å². The summed E-state index contributed by atoms with van der Waals surface area (Å²) in [6, 6.07) is 4.87. The van der Waals surface area contributed by atoms with Crippen molar-refractivity contribution in [2.45, 2.75) is 45.7 Å². The zero-order chi connectivity index (χ0) is 21.5. The Morgan fingerprint density at radius 3 is 2.71 bits per heavy atom. The molecule has 0 atom stereocenters. The van der Waals surface area contributed by atoms with Crippen molar-refractivity contribution in [1.29, 1.82) is 0 Å². The number of likely N-dealkylation sites (tertiary alicyclic amines) is 1. The van der Waals surface area contributed by atoms with Gasteiger partial charge in [0.05, 0.1) is 13.1 Å². The van der Waals surface area contributed by atoms with Crippen LogP contribution >= 0.6 is 24.0 Å². The minimum absolute atomic E-state index is 0. The SMILES string of the molecule is CCCNC(=O)CN1CCC(NC(=NC)NCc2oc3ccc(F)cc3c2C)CC1.I. The fourth-order valence-corrected chi connectivity index (χ4v) is 3.72. The van der Waals surface area contributed by atoms with Crippen LogP contribution < -0.4 is 16.0 Å². The molecule has 172 valence electrons. The average molecular weight is 545 g/mol. The molecule has 3 N–H and O–H groups in total. The predicted octanol–water partition coefficient (Wildman–Crippen LogP) is 3.15. The summed E-state index contributed by atoms with van der Waals surface area (Å²) in [6.45, 7) is 7.41. The van der Waals surface area contributed by atoms with Gasteiger partial charge in [0, 0.05) is 43.7 Å². The second-order valence-electron chi connectivity index (χ2n) is 7.76. The first-order valence-corrected chi connectivity index (χ1v) is 10.6. The van der Waals surface area contributed by atoms with Crippen molar-refractivity contribution in [2.24, 2.45) is 4.99 Å². The maximum Gasteiger partial charge on any atom is 0.234 e. The fraction of sp³-hybridized carbons (Fsp3) is 0.545. The summed E-state index contributed by atoms with van der Waals surface area (Å²) in [5, 5.41) is 10.5. The molecule has 3 rings (SSSR count). The van der Waals surface area contributed by atoms with Crippen molar-refractivity contribution >= 4 is 46.8 Å². The molecule has 31 heavy (non-hydrogen) atoms. The fourth-order valence-electron chi connectivity index (χ4n) is 3.72. The van der Waals surface area contributed by atoms with Gasteiger partial charge in [-0.2, -0.15) is 0 Å². The smallest absolute Gasteiger partial charge is 0.234 e. The third-order valence-corrected chi connectivity index (χ3v) is 5.50. The lowest BCUT2D eigenvalue weighted by Gasteiger charge is -2.32. The molecule has 0 bridgehead atoms. The molecule has 2 aromatic rings. The number of carbonyl (C=O) groups excluding carboxylic acids is 1. The molecular weight excluding hydrogens is 512 g/mol. The van der Waals surface area contributed by atoms with Crippen LogP contribution in [0.25, 0.3) is 11.0 Å². The lowest BCUT2D eigenvalue weighted by Crippen LogP contribution is -2.50. The molecule has 0 spiro atoms. The molecule has 1 aromatic heterocycles. The van der Waals surface area contributed by atoms with E-state index in [2.05, 4.69) is 25.8 Å². The number of guanidine groups is 1. The number of hydrogen-bond acceptors (Lipinski definition) is 4. The monoisotopic (exact) mass is 545 g/mol. The first kappa shape index (κ1) is 25.4. The van der Waals surface area contributed by atoms with Crippen LogP contribution in [0.15, 0.2) is 27.6 Å². The van der Waals surface area contributed by atoms with Gasteiger partial charge in [-0.15, -0.1) is 24.0 Å². The van der Waals surface area contributed by atoms with E-state index in [9.17, 15) is 9.18 Å². The molecule has 1 aliphatic rings. The van der Waals surface area contributed by atoms with Crippen molar-refractivity contribution < 1.29 is 13.6 Å². The number of fused-ring (bicyclic) bond motifs is 1. The van der Waals surface area contributed by atoms with E-state index in [4.69, 9.17) is 4.42 Å². The van der Waals surface area contributed by atoms with Crippen LogP contribution in [0.5, 0.6) is 0 Å². The molecular formula is C22H33FIN5O2. The van der Waals surface area contributed by atoms with Crippen LogP contribution in [-0.4, -0.2) is 56.0 Å². The second kappa shape index (κ2) is 12.2. The first-order chi connectivity index (χ1) is 14.5. The Bertz CT molecular complexity index is 893. The van der Waals surface area contributed by atoms with Gasteiger partial charge in [-0.3, -0.25) is 14.7 Å². The largest absolute Gasteiger partial charge is 0.459 e. The minimum Gasteiger partial charge on any atom is -0.459 e. The molecule has 7 nitrogen and oxygen atoms in total. The van der Waals surface area contributed by atoms with Crippen LogP contribution in [-0.2, 0) is 11.3 Å². The third kappa shape index (κ3) is 7.06. The number of hydrogen-bond donors (Lipinski definition) is 3. The number of aliphatic imine (C=N–C) groups is 1. The van der Waals surface area contributed by atoms with Crippen LogP contribution in [0.2, 0.25) is 0 Å². The summed E-state index contributed by atoms with van der Waals surface area (Å²) in [5.74, 6) is 1.31. The number of aryl methyl sites for hydroxylation is 1. The lowest BCUT2D eigenvalue weighted by molar-refractivity contribution is -0.122. The maximum atomic E-state index is 13.5. The van der Waals surface area contributed by atoms with E-state index in [1.165, 1.54) is 12.1 Å². The number of furan rings is 1. The van der Waals surface area contributed by atoms with E-state index < -0.39 is 0 Å². The molecule has 9 heteroatoms. The highest BCUT2D eigenvalue weighted by molar-refractivity contribution is 14.0. The van der Waals surface area contributed by atoms with Crippen molar-refractivity contribution in [1.82, 2.24) is 20.9 Å². The topological polar surface area (TPSA) is 81.9 Å². The van der Waals surface area contributed by atoms with E-state index in [0.29, 0.717) is 30.7 Å². The van der Waals surface area contributed by atoms with Crippen molar-refractivity contribution in [3.63, 3.8) is 0 Å². The normalized spacial score (nSPS) is 15.5. The van der Waals surface area contributed by atoms with Crippen LogP contribution in [0, 0.1) is 12.7 Å². The summed E-state index contributed by atoms with van der Waals surface area (Å²) in [5.41, 5.74) is 1.62. The number of rotatable bonds is 7. The van der Waals surface area contributed by atoms with Gasteiger partial charge in [-0.05, 0) is 44.4 Å². The highest BCUT2D eigenvalue weighted by atomic mass is 127. The Balaban J connectivity index is 0.00000341. The standard InChI is InChI=1S/C22H32FN5O2.HI/c1-4-9-25-21(29)14-28-10-7-17(8-11-28)27-22(24-3)26-13-20-15(2)18-12-16(23)5-6-19(18)30-20;/h5-6,12,17H,4,7-11,13-14H2,1-3H3,(H,25,29)(H2,24,26,27);1H. The summed E-state index contributed by atoms with van der Waals surface area (Å²) >= 11 is 0. The molecule has 1 amide bonds. The molecule has 1 fully saturated rings. The zero-order valence-electron chi connectivity index (χ0n) is 18.5. The quantitative estimate of drug-likeness (QED) is 0.283. The molecule has 2 heterocycles. The maximum absolute atomic E-state index is 13.5. The summed E-state index contributed by atoms with van der Waals surface area (Å²) in [4.78, 5) is 18.4. The Morgan fingerprint density at radius 2 is 2.03 bits per heavy atom. The van der Waals surface area contributed by atoms with Crippen LogP contribution in [0.1, 0.15) is 37.5 Å². The molecule has 0 aliphatic carbocycles. The Morgan fingerprint density at radius 1 is 1.29 bits per heavy atom. The number of carbonyl (C=O) groups is 1. The third-order valence-electron chi connectivity index (χ3n) is 5.50. The number of amides is 1. The number of nitrogens with zero attached hydrogens (tertiary/aromatic N) is 2. The molecule has 1 aliphatic heterocycles. The van der Waals surface area contributed by atoms with Gasteiger partial charge in [0.2, 0.25) is 5.91 Å². The summed E-state index contributed by atoms with van der Waals surface area (Å²) in [7, 11) is 1.74. The summed E-state index contributed by atoms with van der Waals surface area (Å²) < 4.78 is 19.4. The van der Waals surface area contributed by atoms with E-state index in [-0.39, 0.29) is 35.7 Å². The highest BCUT2D eigenvalue weighted by Gasteiger charge is 2.21. The van der Waals surface area contributed by atoms with Crippen molar-refractivity contribution in [2.75, 3.05) is 33.2 Å². The van der Waals surface area contributed by atoms with E-state index >= 15 is 0 Å². The molecule has 0 radical (unpaired) electrons. The molecule has 0 saturated carbocycles. The first-order valence-electron chi connectivity index (χ1n) is 10.6. The lowest BCUT2D eigenvalue weighted by atomic mass is 10.1. The molecule has 1 saturated heterocycles. The Kier molecular flexibility index (Phi) is 10.0. The number of benzene rings is 1. The van der Waals surface area contributed by atoms with E-state index in [1.54, 1.807) is 13.1 Å². The minimum atomic E-state index is -0.266. The molecule has 0 unspecified atom stereocenters. The van der Waals surface area contributed by atoms with Crippen molar-refractivity contribution in [3.8, 4) is 0 Å². The highest BCUT2D eigenvalue weighted by Crippen LogP contribution is 2.25. The van der Waals surface area contributed by atoms with Gasteiger partial charge in [0.1, 0.15) is 17.2 Å². The number of piperidine rings is 1. The van der Waals surface area contributed by atoms with Crippen LogP contribution in [0.4, 0.5) is 4.39 Å². The Labute approximate surface area is 200 Å². The van der Waals surface area contributed by atoms with Crippen LogP contribution in [0.3, 0.4) is 0 Å². The van der Waals surface area contributed by atoms with Gasteiger partial charge >= 0.3 is 0 Å². The van der Waals surface area contributed by atoms with E-state index in [0.717, 1.165) is 55.6 Å². The number of nitrogens with one attached hydrogen (secondary N) is 3. The second-order valence-corrected chi connectivity index (χ2v) is 7.76. The van der Waals surface area contributed by atoms with Gasteiger partial charge in [-0.25, -0.2) is 4.39 Å². The average Bonchev–Trinajstić information content (AvgIpc) is 3.06. The van der Waals surface area contributed by atoms with Gasteiger partial charge < -0.3 is 20.4 Å². The zero-order valence-corrected chi connectivity index (χ0v) is 20.8. The van der Waals surface area contributed by atoms with Gasteiger partial charge in [0.25, 0.3) is 0 Å². The van der Waals surface area contributed by atoms with E-state index in [1.807, 2.05) is 13.8 Å². The predicted molar refractivity (Wildman–Crippen MR) is 132 cm³/mol. The van der Waals surface area contributed by atoms with Gasteiger partial charge in [-0.1, -0.05) is 6.92 Å². The molecule has 1 aromatic carbocycles. The van der Waals surface area contributed by atoms with Gasteiger partial charge in [0.15, 0.2) is 5.96 Å². The Hall–Kier alpha value is -1.88.